The molecule has 0 bridgehead atoms. The molecule has 0 spiro atoms. The minimum atomic E-state index is -0.741. The number of nitrogens with zero attached hydrogens (tertiary/aromatic N) is 2. The number of hydrogen-bond donors (Lipinski definition) is 1. The van der Waals surface area contributed by atoms with Crippen molar-refractivity contribution in [1.29, 1.82) is 0 Å². The van der Waals surface area contributed by atoms with E-state index in [1.165, 1.54) is 0 Å². The fraction of sp³-hybridized carbons (Fsp3) is 0.286. The highest BCUT2D eigenvalue weighted by molar-refractivity contribution is 9.10. The molecule has 1 aliphatic heterocycles. The summed E-state index contributed by atoms with van der Waals surface area (Å²) in [6, 6.07) is 7.64. The Hall–Kier alpha value is -1.33. The standard InChI is InChI=1S/C14H12BrClN2O2/c15-10-5-8-1-2-12(17-13(8)11(16)6-10)18-4-3-9(7-18)14(19)20/h1-2,5-6,9H,3-4,7H2,(H,19,20). The summed E-state index contributed by atoms with van der Waals surface area (Å²) < 4.78 is 0.914. The maximum Gasteiger partial charge on any atom is 0.308 e. The number of aromatic nitrogens is 1. The smallest absolute Gasteiger partial charge is 0.308 e. The number of hydrogen-bond acceptors (Lipinski definition) is 3. The zero-order chi connectivity index (χ0) is 14.3. The van der Waals surface area contributed by atoms with Crippen molar-refractivity contribution in [1.82, 2.24) is 4.98 Å². The topological polar surface area (TPSA) is 53.4 Å². The van der Waals surface area contributed by atoms with Crippen molar-refractivity contribution in [3.05, 3.63) is 33.8 Å². The number of fused-ring (bicyclic) bond motifs is 1. The molecule has 3 rings (SSSR count). The van der Waals surface area contributed by atoms with E-state index in [2.05, 4.69) is 20.9 Å². The van der Waals surface area contributed by atoms with E-state index in [-0.39, 0.29) is 5.92 Å². The highest BCUT2D eigenvalue weighted by Crippen LogP contribution is 2.30. The molecule has 1 unspecified atom stereocenters. The lowest BCUT2D eigenvalue weighted by molar-refractivity contribution is -0.140. The molecule has 1 aromatic carbocycles. The lowest BCUT2D eigenvalue weighted by Crippen LogP contribution is -2.23. The molecule has 1 aliphatic rings. The first-order chi connectivity index (χ1) is 9.54. The molecule has 104 valence electrons. The lowest BCUT2D eigenvalue weighted by atomic mass is 10.1. The molecule has 0 saturated carbocycles. The quantitative estimate of drug-likeness (QED) is 0.895. The summed E-state index contributed by atoms with van der Waals surface area (Å²) in [6.07, 6.45) is 0.656. The van der Waals surface area contributed by atoms with Crippen molar-refractivity contribution in [3.63, 3.8) is 0 Å². The number of aliphatic carboxylic acids is 1. The Bertz CT molecular complexity index is 692. The van der Waals surface area contributed by atoms with E-state index in [1.807, 2.05) is 29.2 Å². The van der Waals surface area contributed by atoms with Crippen molar-refractivity contribution in [2.75, 3.05) is 18.0 Å². The molecule has 1 N–H and O–H groups in total. The highest BCUT2D eigenvalue weighted by Gasteiger charge is 2.28. The third-order valence-corrected chi connectivity index (χ3v) is 4.30. The van der Waals surface area contributed by atoms with Crippen LogP contribution in [0.3, 0.4) is 0 Å². The van der Waals surface area contributed by atoms with Gasteiger partial charge in [0.15, 0.2) is 0 Å². The van der Waals surface area contributed by atoms with Crippen molar-refractivity contribution in [2.45, 2.75) is 6.42 Å². The van der Waals surface area contributed by atoms with Gasteiger partial charge in [0.1, 0.15) is 5.82 Å². The fourth-order valence-electron chi connectivity index (χ4n) is 2.49. The second-order valence-electron chi connectivity index (χ2n) is 4.90. The summed E-state index contributed by atoms with van der Waals surface area (Å²) in [5.74, 6) is -0.270. The van der Waals surface area contributed by atoms with Crippen molar-refractivity contribution >= 4 is 50.2 Å². The summed E-state index contributed by atoms with van der Waals surface area (Å²) >= 11 is 9.62. The van der Waals surface area contributed by atoms with Gasteiger partial charge in [0, 0.05) is 22.9 Å². The number of anilines is 1. The summed E-state index contributed by atoms with van der Waals surface area (Å²) in [5.41, 5.74) is 0.742. The van der Waals surface area contributed by atoms with Gasteiger partial charge in [-0.05, 0) is 30.7 Å². The molecule has 0 aliphatic carbocycles. The minimum absolute atomic E-state index is 0.312. The van der Waals surface area contributed by atoms with Gasteiger partial charge in [0.25, 0.3) is 0 Å². The molecule has 2 heterocycles. The average molecular weight is 356 g/mol. The second kappa shape index (κ2) is 5.22. The van der Waals surface area contributed by atoms with Crippen LogP contribution >= 0.6 is 27.5 Å². The third-order valence-electron chi connectivity index (χ3n) is 3.56. The van der Waals surface area contributed by atoms with E-state index in [1.54, 1.807) is 0 Å². The van der Waals surface area contributed by atoms with Gasteiger partial charge in [0.2, 0.25) is 0 Å². The van der Waals surface area contributed by atoms with Gasteiger partial charge in [-0.1, -0.05) is 27.5 Å². The molecule has 4 nitrogen and oxygen atoms in total. The predicted molar refractivity (Wildman–Crippen MR) is 82.4 cm³/mol. The largest absolute Gasteiger partial charge is 0.481 e. The van der Waals surface area contributed by atoms with Crippen LogP contribution < -0.4 is 4.90 Å². The maximum absolute atomic E-state index is 11.0. The Morgan fingerprint density at radius 3 is 2.95 bits per heavy atom. The Morgan fingerprint density at radius 1 is 1.45 bits per heavy atom. The summed E-state index contributed by atoms with van der Waals surface area (Å²) in [6.45, 7) is 1.21. The van der Waals surface area contributed by atoms with Crippen LogP contribution in [-0.4, -0.2) is 29.1 Å². The first-order valence-corrected chi connectivity index (χ1v) is 7.45. The molecule has 1 fully saturated rings. The van der Waals surface area contributed by atoms with Crippen molar-refractivity contribution in [3.8, 4) is 0 Å². The van der Waals surface area contributed by atoms with Gasteiger partial charge in [-0.3, -0.25) is 4.79 Å². The number of rotatable bonds is 2. The molecule has 1 saturated heterocycles. The zero-order valence-corrected chi connectivity index (χ0v) is 12.9. The number of halogens is 2. The second-order valence-corrected chi connectivity index (χ2v) is 6.22. The van der Waals surface area contributed by atoms with Crippen LogP contribution in [0.2, 0.25) is 5.02 Å². The summed E-state index contributed by atoms with van der Waals surface area (Å²) in [7, 11) is 0. The third kappa shape index (κ3) is 2.47. The van der Waals surface area contributed by atoms with Crippen LogP contribution in [0.15, 0.2) is 28.7 Å². The molecular formula is C14H12BrClN2O2. The van der Waals surface area contributed by atoms with Crippen LogP contribution in [0.5, 0.6) is 0 Å². The monoisotopic (exact) mass is 354 g/mol. The van der Waals surface area contributed by atoms with Crippen LogP contribution in [0, 0.1) is 5.92 Å². The summed E-state index contributed by atoms with van der Waals surface area (Å²) in [5, 5.41) is 10.6. The number of carboxylic acids is 1. The van der Waals surface area contributed by atoms with Gasteiger partial charge in [0.05, 0.1) is 16.5 Å². The Kier molecular flexibility index (Phi) is 3.56. The molecule has 2 aromatic rings. The first kappa shape index (κ1) is 13.6. The summed E-state index contributed by atoms with van der Waals surface area (Å²) in [4.78, 5) is 17.6. The number of carbonyl (C=O) groups is 1. The Morgan fingerprint density at radius 2 is 2.25 bits per heavy atom. The minimum Gasteiger partial charge on any atom is -0.481 e. The van der Waals surface area contributed by atoms with Gasteiger partial charge in [-0.15, -0.1) is 0 Å². The average Bonchev–Trinajstić information content (AvgIpc) is 2.88. The number of benzene rings is 1. The predicted octanol–water partition coefficient (Wildman–Crippen LogP) is 3.56. The van der Waals surface area contributed by atoms with Crippen molar-refractivity contribution in [2.24, 2.45) is 5.92 Å². The van der Waals surface area contributed by atoms with E-state index in [0.29, 0.717) is 24.5 Å². The molecule has 0 amide bonds. The normalized spacial score (nSPS) is 18.7. The highest BCUT2D eigenvalue weighted by atomic mass is 79.9. The molecule has 20 heavy (non-hydrogen) atoms. The van der Waals surface area contributed by atoms with Crippen LogP contribution in [0.4, 0.5) is 5.82 Å². The van der Waals surface area contributed by atoms with E-state index < -0.39 is 5.97 Å². The van der Waals surface area contributed by atoms with Crippen LogP contribution in [-0.2, 0) is 4.79 Å². The van der Waals surface area contributed by atoms with E-state index in [0.717, 1.165) is 21.2 Å². The first-order valence-electron chi connectivity index (χ1n) is 6.28. The van der Waals surface area contributed by atoms with E-state index >= 15 is 0 Å². The van der Waals surface area contributed by atoms with Crippen molar-refractivity contribution < 1.29 is 9.90 Å². The number of carboxylic acid groups (broad SMARTS) is 1. The number of pyridine rings is 1. The Balaban J connectivity index is 1.96. The van der Waals surface area contributed by atoms with E-state index in [9.17, 15) is 4.79 Å². The molecule has 0 radical (unpaired) electrons. The maximum atomic E-state index is 11.0. The van der Waals surface area contributed by atoms with Crippen LogP contribution in [0.1, 0.15) is 6.42 Å². The molecule has 1 atom stereocenters. The molecule has 1 aromatic heterocycles. The Labute approximate surface area is 129 Å². The SMILES string of the molecule is O=C(O)C1CCN(c2ccc3cc(Br)cc(Cl)c3n2)C1. The van der Waals surface area contributed by atoms with Gasteiger partial charge in [-0.2, -0.15) is 0 Å². The van der Waals surface area contributed by atoms with Gasteiger partial charge < -0.3 is 10.0 Å². The van der Waals surface area contributed by atoms with E-state index in [4.69, 9.17) is 16.7 Å². The van der Waals surface area contributed by atoms with Gasteiger partial charge >= 0.3 is 5.97 Å². The fourth-order valence-corrected chi connectivity index (χ4v) is 3.37. The van der Waals surface area contributed by atoms with Gasteiger partial charge in [-0.25, -0.2) is 4.98 Å². The zero-order valence-electron chi connectivity index (χ0n) is 10.5. The molecule has 6 heteroatoms. The lowest BCUT2D eigenvalue weighted by Gasteiger charge is -2.17. The molecular weight excluding hydrogens is 344 g/mol. The van der Waals surface area contributed by atoms with Crippen LogP contribution in [0.25, 0.3) is 10.9 Å².